The van der Waals surface area contributed by atoms with Gasteiger partial charge in [-0.15, -0.1) is 0 Å². The molecular weight excluding hydrogens is 240 g/mol. The number of rotatable bonds is 3. The van der Waals surface area contributed by atoms with E-state index in [-0.39, 0.29) is 5.41 Å². The van der Waals surface area contributed by atoms with E-state index in [1.165, 1.54) is 16.7 Å². The molecule has 0 bridgehead atoms. The fourth-order valence-electron chi connectivity index (χ4n) is 2.04. The van der Waals surface area contributed by atoms with Gasteiger partial charge in [-0.25, -0.2) is 0 Å². The average Bonchev–Trinajstić information content (AvgIpc) is 2.44. The highest BCUT2D eigenvalue weighted by atomic mass is 14.1. The number of aryl methyl sites for hydroxylation is 2. The number of hydrogen-bond acceptors (Lipinski definition) is 0. The second-order valence-electron chi connectivity index (χ2n) is 6.14. The van der Waals surface area contributed by atoms with E-state index >= 15 is 0 Å². The lowest BCUT2D eigenvalue weighted by atomic mass is 9.95. The van der Waals surface area contributed by atoms with Gasteiger partial charge in [0.2, 0.25) is 0 Å². The minimum absolute atomic E-state index is 0.0482. The average molecular weight is 262 g/mol. The fourth-order valence-corrected chi connectivity index (χ4v) is 2.04. The van der Waals surface area contributed by atoms with E-state index in [1.54, 1.807) is 0 Å². The van der Waals surface area contributed by atoms with Crippen LogP contribution in [0.2, 0.25) is 0 Å². The van der Waals surface area contributed by atoms with Crippen molar-refractivity contribution in [3.63, 3.8) is 0 Å². The molecule has 0 amide bonds. The van der Waals surface area contributed by atoms with E-state index in [9.17, 15) is 0 Å². The third-order valence-corrected chi connectivity index (χ3v) is 3.12. The van der Waals surface area contributed by atoms with Crippen molar-refractivity contribution in [3.8, 4) is 11.8 Å². The summed E-state index contributed by atoms with van der Waals surface area (Å²) in [4.78, 5) is 0. The van der Waals surface area contributed by atoms with E-state index in [2.05, 4.69) is 87.2 Å². The molecule has 2 aromatic carbocycles. The van der Waals surface area contributed by atoms with E-state index in [1.807, 2.05) is 0 Å². The second kappa shape index (κ2) is 6.44. The fraction of sp³-hybridized carbons (Fsp3) is 0.300. The second-order valence-corrected chi connectivity index (χ2v) is 6.14. The summed E-state index contributed by atoms with van der Waals surface area (Å²) >= 11 is 0. The van der Waals surface area contributed by atoms with Gasteiger partial charge in [0.25, 0.3) is 0 Å². The molecule has 0 radical (unpaired) electrons. The molecule has 0 nitrogen and oxygen atoms in total. The smallest absolute Gasteiger partial charge is 0.0277 e. The lowest BCUT2D eigenvalue weighted by Crippen LogP contribution is -2.00. The first-order chi connectivity index (χ1) is 9.54. The van der Waals surface area contributed by atoms with Gasteiger partial charge in [0.05, 0.1) is 0 Å². The van der Waals surface area contributed by atoms with Crippen molar-refractivity contribution < 1.29 is 0 Å². The van der Waals surface area contributed by atoms with Gasteiger partial charge in [-0.2, -0.15) is 0 Å². The van der Waals surface area contributed by atoms with Crippen molar-refractivity contribution >= 4 is 0 Å². The quantitative estimate of drug-likeness (QED) is 0.692. The van der Waals surface area contributed by atoms with Crippen molar-refractivity contribution in [1.82, 2.24) is 0 Å². The number of hydrogen-bond donors (Lipinski definition) is 0. The van der Waals surface area contributed by atoms with E-state index in [4.69, 9.17) is 0 Å². The van der Waals surface area contributed by atoms with Crippen LogP contribution in [-0.4, -0.2) is 0 Å². The summed E-state index contributed by atoms with van der Waals surface area (Å²) in [5.74, 6) is 6.67. The molecule has 0 heteroatoms. The van der Waals surface area contributed by atoms with E-state index < -0.39 is 0 Å². The summed E-state index contributed by atoms with van der Waals surface area (Å²) in [5.41, 5.74) is 3.93. The summed E-state index contributed by atoms with van der Waals surface area (Å²) in [5, 5.41) is 0. The van der Waals surface area contributed by atoms with Gasteiger partial charge in [-0.3, -0.25) is 0 Å². The van der Waals surface area contributed by atoms with Crippen molar-refractivity contribution in [2.45, 2.75) is 33.6 Å². The molecule has 0 aliphatic rings. The maximum absolute atomic E-state index is 3.34. The number of benzene rings is 2. The van der Waals surface area contributed by atoms with Gasteiger partial charge in [-0.1, -0.05) is 60.4 Å². The van der Waals surface area contributed by atoms with E-state index in [0.29, 0.717) is 0 Å². The van der Waals surface area contributed by atoms with Crippen LogP contribution in [0.15, 0.2) is 54.6 Å². The summed E-state index contributed by atoms with van der Waals surface area (Å²) in [6.07, 6.45) is 2.11. The van der Waals surface area contributed by atoms with Crippen molar-refractivity contribution in [2.24, 2.45) is 5.41 Å². The zero-order valence-corrected chi connectivity index (χ0v) is 12.6. The SMILES string of the molecule is CC(C)(C)C#Cc1ccccc1CCc1ccccc1. The molecule has 0 heterocycles. The third kappa shape index (κ3) is 4.59. The maximum Gasteiger partial charge on any atom is 0.0277 e. The minimum atomic E-state index is 0.0482. The zero-order chi connectivity index (χ0) is 14.4. The van der Waals surface area contributed by atoms with E-state index in [0.717, 1.165) is 12.8 Å². The van der Waals surface area contributed by atoms with Crippen LogP contribution in [0.1, 0.15) is 37.5 Å². The largest absolute Gasteiger partial charge is 0.0919 e. The molecule has 0 atom stereocenters. The lowest BCUT2D eigenvalue weighted by molar-refractivity contribution is 0.571. The molecule has 2 rings (SSSR count). The monoisotopic (exact) mass is 262 g/mol. The highest BCUT2D eigenvalue weighted by Gasteiger charge is 2.05. The Hall–Kier alpha value is -2.00. The Labute approximate surface area is 122 Å². The van der Waals surface area contributed by atoms with Crippen LogP contribution in [0, 0.1) is 17.3 Å². The van der Waals surface area contributed by atoms with Gasteiger partial charge < -0.3 is 0 Å². The minimum Gasteiger partial charge on any atom is -0.0919 e. The topological polar surface area (TPSA) is 0 Å². The van der Waals surface area contributed by atoms with Gasteiger partial charge in [0.15, 0.2) is 0 Å². The Balaban J connectivity index is 2.14. The summed E-state index contributed by atoms with van der Waals surface area (Å²) in [6.45, 7) is 6.44. The molecule has 0 fully saturated rings. The van der Waals surface area contributed by atoms with Crippen LogP contribution < -0.4 is 0 Å². The standard InChI is InChI=1S/C20H22/c1-20(2,3)16-15-19-12-8-7-11-18(19)14-13-17-9-5-4-6-10-17/h4-12H,13-14H2,1-3H3. The van der Waals surface area contributed by atoms with Crippen LogP contribution in [0.3, 0.4) is 0 Å². The van der Waals surface area contributed by atoms with Gasteiger partial charge in [0, 0.05) is 11.0 Å². The van der Waals surface area contributed by atoms with Crippen LogP contribution >= 0.6 is 0 Å². The van der Waals surface area contributed by atoms with Gasteiger partial charge >= 0.3 is 0 Å². The molecule has 2 aromatic rings. The van der Waals surface area contributed by atoms with Crippen molar-refractivity contribution in [1.29, 1.82) is 0 Å². The summed E-state index contributed by atoms with van der Waals surface area (Å²) in [7, 11) is 0. The zero-order valence-electron chi connectivity index (χ0n) is 12.6. The Morgan fingerprint density at radius 3 is 2.15 bits per heavy atom. The van der Waals surface area contributed by atoms with Crippen LogP contribution in [-0.2, 0) is 12.8 Å². The third-order valence-electron chi connectivity index (χ3n) is 3.12. The van der Waals surface area contributed by atoms with Crippen LogP contribution in [0.25, 0.3) is 0 Å². The first kappa shape index (κ1) is 14.4. The molecule has 0 unspecified atom stereocenters. The molecule has 0 saturated carbocycles. The molecule has 0 aliphatic heterocycles. The molecule has 20 heavy (non-hydrogen) atoms. The Kier molecular flexibility index (Phi) is 4.64. The molecule has 102 valence electrons. The Morgan fingerprint density at radius 1 is 0.800 bits per heavy atom. The Bertz CT molecular complexity index is 604. The summed E-state index contributed by atoms with van der Waals surface area (Å²) < 4.78 is 0. The predicted molar refractivity (Wildman–Crippen MR) is 86.6 cm³/mol. The molecular formula is C20H22. The first-order valence-electron chi connectivity index (χ1n) is 7.20. The first-order valence-corrected chi connectivity index (χ1v) is 7.20. The molecule has 0 saturated heterocycles. The maximum atomic E-state index is 3.34. The van der Waals surface area contributed by atoms with Crippen molar-refractivity contribution in [3.05, 3.63) is 71.3 Å². The van der Waals surface area contributed by atoms with Crippen LogP contribution in [0.5, 0.6) is 0 Å². The molecule has 0 N–H and O–H groups in total. The normalized spacial score (nSPS) is 10.8. The summed E-state index contributed by atoms with van der Waals surface area (Å²) in [6, 6.07) is 19.1. The molecule has 0 aliphatic carbocycles. The lowest BCUT2D eigenvalue weighted by Gasteiger charge is -2.08. The van der Waals surface area contributed by atoms with Crippen LogP contribution in [0.4, 0.5) is 0 Å². The molecule has 0 spiro atoms. The van der Waals surface area contributed by atoms with Gasteiger partial charge in [0.1, 0.15) is 0 Å². The van der Waals surface area contributed by atoms with Gasteiger partial charge in [-0.05, 0) is 50.8 Å². The highest BCUT2D eigenvalue weighted by molar-refractivity contribution is 5.42. The predicted octanol–water partition coefficient (Wildman–Crippen LogP) is 4.87. The molecule has 0 aromatic heterocycles. The highest BCUT2D eigenvalue weighted by Crippen LogP contribution is 2.14. The van der Waals surface area contributed by atoms with Crippen molar-refractivity contribution in [2.75, 3.05) is 0 Å². The Morgan fingerprint density at radius 2 is 1.45 bits per heavy atom.